The van der Waals surface area contributed by atoms with Crippen LogP contribution in [0.2, 0.25) is 0 Å². The fraction of sp³-hybridized carbons (Fsp3) is 0.907. The summed E-state index contributed by atoms with van der Waals surface area (Å²) in [5.74, 6) is -0.842. The maximum Gasteiger partial charge on any atom is 0.306 e. The zero-order chi connectivity index (χ0) is 58.5. The normalized spacial score (nSPS) is 12.1. The number of ether oxygens (including phenoxy) is 3. The summed E-state index contributed by atoms with van der Waals surface area (Å²) in [4.78, 5) is 38.5. The average Bonchev–Trinajstić information content (AvgIpc) is 3.47. The van der Waals surface area contributed by atoms with E-state index in [2.05, 4.69) is 45.1 Å². The number of carbonyl (C=O) groups excluding carboxylic acids is 3. The van der Waals surface area contributed by atoms with Crippen LogP contribution in [0.3, 0.4) is 0 Å². The first kappa shape index (κ1) is 78.9. The van der Waals surface area contributed by atoms with Gasteiger partial charge >= 0.3 is 17.9 Å². The van der Waals surface area contributed by atoms with Crippen LogP contribution in [0.5, 0.6) is 0 Å². The first-order chi connectivity index (χ1) is 40.0. The van der Waals surface area contributed by atoms with Gasteiger partial charge in [0, 0.05) is 19.3 Å². The Hall–Kier alpha value is -2.11. The van der Waals surface area contributed by atoms with Crippen molar-refractivity contribution in [3.8, 4) is 0 Å². The molecule has 0 aromatic carbocycles. The van der Waals surface area contributed by atoms with E-state index in [0.29, 0.717) is 19.3 Å². The van der Waals surface area contributed by atoms with E-state index >= 15 is 0 Å². The van der Waals surface area contributed by atoms with Crippen LogP contribution in [-0.4, -0.2) is 37.2 Å². The standard InChI is InChI=1S/C75H142O6/c1-4-7-10-13-16-19-22-25-28-30-32-34-35-36-37-38-39-41-42-44-47-50-53-56-59-62-65-68-74(77)80-71-72(70-79-73(76)67-64-61-58-55-52-49-46-27-24-21-18-15-12-9-6-3)81-75(78)69-66-63-60-57-54-51-48-45-43-40-33-31-29-26-23-20-17-14-11-8-5-2/h27,30,32,46,72H,4-26,28-29,31,33-45,47-71H2,1-3H3/b32-30-,46-27-. The quantitative estimate of drug-likeness (QED) is 0.0261. The summed E-state index contributed by atoms with van der Waals surface area (Å²) in [5.41, 5.74) is 0. The van der Waals surface area contributed by atoms with E-state index in [0.717, 1.165) is 64.2 Å². The predicted molar refractivity (Wildman–Crippen MR) is 353 cm³/mol. The summed E-state index contributed by atoms with van der Waals surface area (Å²) < 4.78 is 17.0. The Morgan fingerprint density at radius 2 is 0.407 bits per heavy atom. The molecular weight excluding hydrogens is 997 g/mol. The smallest absolute Gasteiger partial charge is 0.306 e. The molecule has 0 heterocycles. The first-order valence-electron chi connectivity index (χ1n) is 36.8. The zero-order valence-electron chi connectivity index (χ0n) is 55.1. The molecule has 0 aliphatic heterocycles. The molecule has 6 heteroatoms. The third-order valence-corrected chi connectivity index (χ3v) is 16.9. The van der Waals surface area contributed by atoms with Gasteiger partial charge in [-0.25, -0.2) is 0 Å². The maximum absolute atomic E-state index is 13.0. The van der Waals surface area contributed by atoms with Gasteiger partial charge in [0.15, 0.2) is 6.10 Å². The largest absolute Gasteiger partial charge is 0.462 e. The van der Waals surface area contributed by atoms with Crippen LogP contribution in [0.25, 0.3) is 0 Å². The maximum atomic E-state index is 13.0. The fourth-order valence-electron chi connectivity index (χ4n) is 11.4. The highest BCUT2D eigenvalue weighted by atomic mass is 16.6. The Morgan fingerprint density at radius 1 is 0.235 bits per heavy atom. The number of hydrogen-bond donors (Lipinski definition) is 0. The van der Waals surface area contributed by atoms with Gasteiger partial charge in [-0.05, 0) is 70.6 Å². The van der Waals surface area contributed by atoms with Gasteiger partial charge in [-0.2, -0.15) is 0 Å². The molecule has 6 nitrogen and oxygen atoms in total. The molecule has 0 saturated heterocycles. The average molecular weight is 1140 g/mol. The van der Waals surface area contributed by atoms with Gasteiger partial charge in [-0.1, -0.05) is 353 Å². The van der Waals surface area contributed by atoms with E-state index in [1.807, 2.05) is 0 Å². The molecule has 1 atom stereocenters. The second-order valence-corrected chi connectivity index (χ2v) is 25.2. The monoisotopic (exact) mass is 1140 g/mol. The van der Waals surface area contributed by atoms with Crippen molar-refractivity contribution in [1.82, 2.24) is 0 Å². The van der Waals surface area contributed by atoms with Gasteiger partial charge in [0.25, 0.3) is 0 Å². The Morgan fingerprint density at radius 3 is 0.617 bits per heavy atom. The highest BCUT2D eigenvalue weighted by molar-refractivity contribution is 5.71. The minimum absolute atomic E-state index is 0.0676. The lowest BCUT2D eigenvalue weighted by Crippen LogP contribution is -2.30. The van der Waals surface area contributed by atoms with E-state index < -0.39 is 6.10 Å². The van der Waals surface area contributed by atoms with Crippen molar-refractivity contribution >= 4 is 17.9 Å². The van der Waals surface area contributed by atoms with Gasteiger partial charge in [-0.3, -0.25) is 14.4 Å². The summed E-state index contributed by atoms with van der Waals surface area (Å²) in [6.07, 6.45) is 86.5. The van der Waals surface area contributed by atoms with Crippen molar-refractivity contribution in [2.24, 2.45) is 0 Å². The van der Waals surface area contributed by atoms with Crippen LogP contribution in [-0.2, 0) is 28.6 Å². The van der Waals surface area contributed by atoms with Crippen molar-refractivity contribution in [2.45, 2.75) is 425 Å². The van der Waals surface area contributed by atoms with Gasteiger partial charge in [0.2, 0.25) is 0 Å². The summed E-state index contributed by atoms with van der Waals surface area (Å²) >= 11 is 0. The highest BCUT2D eigenvalue weighted by Gasteiger charge is 2.19. The summed E-state index contributed by atoms with van der Waals surface area (Å²) in [7, 11) is 0. The molecule has 0 bridgehead atoms. The number of carbonyl (C=O) groups is 3. The lowest BCUT2D eigenvalue weighted by atomic mass is 10.0. The number of unbranched alkanes of at least 4 members (excludes halogenated alkanes) is 54. The molecule has 81 heavy (non-hydrogen) atoms. The molecule has 0 aliphatic carbocycles. The minimum atomic E-state index is -0.772. The molecule has 0 spiro atoms. The fourth-order valence-corrected chi connectivity index (χ4v) is 11.4. The number of rotatable bonds is 69. The van der Waals surface area contributed by atoms with E-state index in [9.17, 15) is 14.4 Å². The lowest BCUT2D eigenvalue weighted by molar-refractivity contribution is -0.167. The van der Waals surface area contributed by atoms with E-state index in [1.165, 1.54) is 315 Å². The number of allylic oxidation sites excluding steroid dienone is 4. The molecule has 0 rings (SSSR count). The topological polar surface area (TPSA) is 78.9 Å². The molecule has 0 radical (unpaired) electrons. The molecule has 1 unspecified atom stereocenters. The molecule has 0 fully saturated rings. The zero-order valence-corrected chi connectivity index (χ0v) is 55.1. The Kier molecular flexibility index (Phi) is 68.5. The third kappa shape index (κ3) is 68.6. The Balaban J connectivity index is 4.23. The molecule has 0 aromatic heterocycles. The van der Waals surface area contributed by atoms with Crippen molar-refractivity contribution in [1.29, 1.82) is 0 Å². The van der Waals surface area contributed by atoms with Gasteiger partial charge in [0.05, 0.1) is 0 Å². The summed E-state index contributed by atoms with van der Waals surface area (Å²) in [6, 6.07) is 0. The third-order valence-electron chi connectivity index (χ3n) is 16.9. The predicted octanol–water partition coefficient (Wildman–Crippen LogP) is 25.3. The molecule has 478 valence electrons. The van der Waals surface area contributed by atoms with E-state index in [4.69, 9.17) is 14.2 Å². The summed E-state index contributed by atoms with van der Waals surface area (Å²) in [6.45, 7) is 6.72. The SMILES string of the molecule is CCCCCCCC/C=C\CCCCCCCC(=O)OCC(COC(=O)CCCCCCCCCCCCCCCCC/C=C\CCCCCCCCCC)OC(=O)CCCCCCCCCCCCCCCCCCCCCCC. The second kappa shape index (κ2) is 70.4. The van der Waals surface area contributed by atoms with Crippen molar-refractivity contribution < 1.29 is 28.6 Å². The van der Waals surface area contributed by atoms with Crippen LogP contribution >= 0.6 is 0 Å². The summed E-state index contributed by atoms with van der Waals surface area (Å²) in [5, 5.41) is 0. The Bertz CT molecular complexity index is 1310. The van der Waals surface area contributed by atoms with Crippen LogP contribution < -0.4 is 0 Å². The van der Waals surface area contributed by atoms with Crippen LogP contribution in [0.15, 0.2) is 24.3 Å². The van der Waals surface area contributed by atoms with E-state index in [1.54, 1.807) is 0 Å². The van der Waals surface area contributed by atoms with Crippen molar-refractivity contribution in [3.05, 3.63) is 24.3 Å². The molecule has 0 saturated carbocycles. The molecule has 0 N–H and O–H groups in total. The molecule has 0 aliphatic rings. The molecule has 0 amide bonds. The molecular formula is C75H142O6. The Labute approximate surface area is 506 Å². The minimum Gasteiger partial charge on any atom is -0.462 e. The number of esters is 3. The van der Waals surface area contributed by atoms with E-state index in [-0.39, 0.29) is 31.1 Å². The second-order valence-electron chi connectivity index (χ2n) is 25.2. The first-order valence-corrected chi connectivity index (χ1v) is 36.8. The van der Waals surface area contributed by atoms with Gasteiger partial charge < -0.3 is 14.2 Å². The lowest BCUT2D eigenvalue weighted by Gasteiger charge is -2.18. The van der Waals surface area contributed by atoms with Gasteiger partial charge in [0.1, 0.15) is 13.2 Å². The van der Waals surface area contributed by atoms with Crippen molar-refractivity contribution in [3.63, 3.8) is 0 Å². The van der Waals surface area contributed by atoms with Crippen LogP contribution in [0, 0.1) is 0 Å². The van der Waals surface area contributed by atoms with Crippen molar-refractivity contribution in [2.75, 3.05) is 13.2 Å². The molecule has 0 aromatic rings. The van der Waals surface area contributed by atoms with Crippen LogP contribution in [0.1, 0.15) is 419 Å². The highest BCUT2D eigenvalue weighted by Crippen LogP contribution is 2.19. The number of hydrogen-bond acceptors (Lipinski definition) is 6. The van der Waals surface area contributed by atoms with Crippen LogP contribution in [0.4, 0.5) is 0 Å². The van der Waals surface area contributed by atoms with Gasteiger partial charge in [-0.15, -0.1) is 0 Å².